The third kappa shape index (κ3) is 3.39. The highest BCUT2D eigenvalue weighted by Gasteiger charge is 2.35. The van der Waals surface area contributed by atoms with E-state index in [0.717, 1.165) is 5.56 Å². The minimum atomic E-state index is -0.534. The molecule has 2 unspecified atom stereocenters. The molecule has 6 heteroatoms. The zero-order valence-electron chi connectivity index (χ0n) is 12.3. The topological polar surface area (TPSA) is 24.4 Å². The van der Waals surface area contributed by atoms with Crippen LogP contribution in [-0.2, 0) is 5.54 Å². The summed E-state index contributed by atoms with van der Waals surface area (Å²) in [6.45, 7) is 1.95. The smallest absolute Gasteiger partial charge is 0.142 e. The van der Waals surface area contributed by atoms with Crippen LogP contribution in [0.4, 0.5) is 8.78 Å². The van der Waals surface area contributed by atoms with Gasteiger partial charge >= 0.3 is 0 Å². The zero-order valence-corrected chi connectivity index (χ0v) is 13.8. The van der Waals surface area contributed by atoms with Crippen molar-refractivity contribution >= 4 is 28.4 Å². The van der Waals surface area contributed by atoms with E-state index in [4.69, 9.17) is 23.2 Å². The Morgan fingerprint density at radius 3 is 2.48 bits per heavy atom. The molecular weight excluding hydrogens is 341 g/mol. The SMILES string of the molecule is CC1(c2ccc(F)cc2)CC(Cl)=NC(c2ccc(Cl)c(F)c2)N1. The lowest BCUT2D eigenvalue weighted by atomic mass is 9.87. The van der Waals surface area contributed by atoms with Crippen LogP contribution in [0.3, 0.4) is 0 Å². The third-order valence-corrected chi connectivity index (χ3v) is 4.50. The van der Waals surface area contributed by atoms with Gasteiger partial charge in [-0.05, 0) is 42.3 Å². The van der Waals surface area contributed by atoms with Gasteiger partial charge in [0.2, 0.25) is 0 Å². The highest BCUT2D eigenvalue weighted by molar-refractivity contribution is 6.65. The average Bonchev–Trinajstić information content (AvgIpc) is 2.49. The van der Waals surface area contributed by atoms with Crippen LogP contribution in [0.25, 0.3) is 0 Å². The summed E-state index contributed by atoms with van der Waals surface area (Å²) < 4.78 is 26.9. The van der Waals surface area contributed by atoms with Gasteiger partial charge in [-0.3, -0.25) is 10.3 Å². The van der Waals surface area contributed by atoms with Crippen molar-refractivity contribution in [3.8, 4) is 0 Å². The van der Waals surface area contributed by atoms with Gasteiger partial charge in [-0.2, -0.15) is 0 Å². The fourth-order valence-corrected chi connectivity index (χ4v) is 3.19. The predicted molar refractivity (Wildman–Crippen MR) is 88.9 cm³/mol. The summed E-state index contributed by atoms with van der Waals surface area (Å²) in [6, 6.07) is 10.7. The van der Waals surface area contributed by atoms with Crippen molar-refractivity contribution in [2.24, 2.45) is 4.99 Å². The Hall–Kier alpha value is -1.49. The maximum absolute atomic E-state index is 13.7. The summed E-state index contributed by atoms with van der Waals surface area (Å²) in [5.74, 6) is -0.810. The van der Waals surface area contributed by atoms with Crippen molar-refractivity contribution in [1.29, 1.82) is 0 Å². The van der Waals surface area contributed by atoms with Crippen LogP contribution in [0, 0.1) is 11.6 Å². The van der Waals surface area contributed by atoms with Gasteiger partial charge in [-0.15, -0.1) is 0 Å². The van der Waals surface area contributed by atoms with Crippen LogP contribution in [0.5, 0.6) is 0 Å². The number of aliphatic imine (C=N–C) groups is 1. The first-order chi connectivity index (χ1) is 10.9. The van der Waals surface area contributed by atoms with Crippen molar-refractivity contribution in [3.63, 3.8) is 0 Å². The molecule has 120 valence electrons. The molecule has 0 fully saturated rings. The molecule has 0 bridgehead atoms. The van der Waals surface area contributed by atoms with Crippen LogP contribution in [0.2, 0.25) is 5.02 Å². The molecule has 1 aliphatic heterocycles. The molecule has 0 amide bonds. The molecule has 0 saturated heterocycles. The molecule has 3 rings (SSSR count). The summed E-state index contributed by atoms with van der Waals surface area (Å²) in [6.07, 6.45) is -0.0367. The van der Waals surface area contributed by atoms with E-state index in [1.54, 1.807) is 18.2 Å². The molecule has 1 N–H and O–H groups in total. The molecule has 0 aliphatic carbocycles. The van der Waals surface area contributed by atoms with Crippen molar-refractivity contribution in [3.05, 3.63) is 70.2 Å². The van der Waals surface area contributed by atoms with Gasteiger partial charge in [0.15, 0.2) is 0 Å². The third-order valence-electron chi connectivity index (χ3n) is 3.96. The van der Waals surface area contributed by atoms with Gasteiger partial charge in [0.05, 0.1) is 5.02 Å². The second kappa shape index (κ2) is 6.19. The van der Waals surface area contributed by atoms with E-state index in [-0.39, 0.29) is 10.8 Å². The van der Waals surface area contributed by atoms with E-state index in [0.29, 0.717) is 17.2 Å². The second-order valence-electron chi connectivity index (χ2n) is 5.74. The monoisotopic (exact) mass is 354 g/mol. The molecule has 23 heavy (non-hydrogen) atoms. The average molecular weight is 355 g/mol. The summed E-state index contributed by atoms with van der Waals surface area (Å²) >= 11 is 11.9. The lowest BCUT2D eigenvalue weighted by Gasteiger charge is -2.38. The standard InChI is InChI=1S/C17H14Cl2F2N2/c1-17(11-3-5-12(20)6-4-11)9-15(19)22-16(23-17)10-2-7-13(18)14(21)8-10/h2-8,16,23H,9H2,1H3. The van der Waals surface area contributed by atoms with Gasteiger partial charge < -0.3 is 0 Å². The number of benzene rings is 2. The molecule has 1 heterocycles. The normalized spacial score (nSPS) is 24.4. The van der Waals surface area contributed by atoms with Crippen molar-refractivity contribution < 1.29 is 8.78 Å². The van der Waals surface area contributed by atoms with E-state index in [2.05, 4.69) is 10.3 Å². The summed E-state index contributed by atoms with van der Waals surface area (Å²) in [5, 5.41) is 3.84. The molecule has 0 saturated carbocycles. The molecule has 2 nitrogen and oxygen atoms in total. The number of halogens is 4. The largest absolute Gasteiger partial charge is 0.282 e. The second-order valence-corrected chi connectivity index (χ2v) is 6.59. The van der Waals surface area contributed by atoms with E-state index in [9.17, 15) is 8.78 Å². The van der Waals surface area contributed by atoms with Crippen molar-refractivity contribution in [1.82, 2.24) is 5.32 Å². The first-order valence-corrected chi connectivity index (χ1v) is 7.84. The lowest BCUT2D eigenvalue weighted by molar-refractivity contribution is 0.314. The van der Waals surface area contributed by atoms with E-state index in [1.807, 2.05) is 6.92 Å². The maximum atomic E-state index is 13.7. The molecule has 2 aromatic carbocycles. The van der Waals surface area contributed by atoms with Crippen LogP contribution in [0.15, 0.2) is 47.5 Å². The first kappa shape index (κ1) is 16.4. The van der Waals surface area contributed by atoms with Gasteiger partial charge in [0.25, 0.3) is 0 Å². The van der Waals surface area contributed by atoms with Crippen molar-refractivity contribution in [2.75, 3.05) is 0 Å². The van der Waals surface area contributed by atoms with Gasteiger partial charge in [-0.25, -0.2) is 8.78 Å². The summed E-state index contributed by atoms with van der Waals surface area (Å²) in [7, 11) is 0. The van der Waals surface area contributed by atoms with E-state index >= 15 is 0 Å². The number of hydrogen-bond acceptors (Lipinski definition) is 2. The highest BCUT2D eigenvalue weighted by Crippen LogP contribution is 2.35. The molecule has 0 aromatic heterocycles. The number of nitrogens with one attached hydrogen (secondary N) is 1. The molecule has 1 aliphatic rings. The summed E-state index contributed by atoms with van der Waals surface area (Å²) in [5.41, 5.74) is 0.970. The first-order valence-electron chi connectivity index (χ1n) is 7.08. The Morgan fingerprint density at radius 2 is 1.83 bits per heavy atom. The van der Waals surface area contributed by atoms with E-state index < -0.39 is 17.5 Å². The van der Waals surface area contributed by atoms with Gasteiger partial charge in [0, 0.05) is 12.0 Å². The quantitative estimate of drug-likeness (QED) is 0.790. The number of hydrogen-bond donors (Lipinski definition) is 1. The number of nitrogens with zero attached hydrogens (tertiary/aromatic N) is 1. The maximum Gasteiger partial charge on any atom is 0.142 e. The molecule has 0 radical (unpaired) electrons. The fourth-order valence-electron chi connectivity index (χ4n) is 2.71. The predicted octanol–water partition coefficient (Wildman–Crippen LogP) is 5.16. The summed E-state index contributed by atoms with van der Waals surface area (Å²) in [4.78, 5) is 4.35. The minimum Gasteiger partial charge on any atom is -0.282 e. The molecule has 2 atom stereocenters. The van der Waals surface area contributed by atoms with Crippen molar-refractivity contribution in [2.45, 2.75) is 25.0 Å². The number of rotatable bonds is 2. The van der Waals surface area contributed by atoms with Crippen LogP contribution in [-0.4, -0.2) is 5.17 Å². The lowest BCUT2D eigenvalue weighted by Crippen LogP contribution is -2.45. The van der Waals surface area contributed by atoms with Crippen LogP contribution >= 0.6 is 23.2 Å². The Balaban J connectivity index is 1.96. The molecule has 0 spiro atoms. The Bertz CT molecular complexity index is 762. The fraction of sp³-hybridized carbons (Fsp3) is 0.235. The highest BCUT2D eigenvalue weighted by atomic mass is 35.5. The zero-order chi connectivity index (χ0) is 16.6. The van der Waals surface area contributed by atoms with Crippen LogP contribution < -0.4 is 5.32 Å². The molecule has 2 aromatic rings. The molecular formula is C17H14Cl2F2N2. The van der Waals surface area contributed by atoms with Crippen LogP contribution in [0.1, 0.15) is 30.6 Å². The Morgan fingerprint density at radius 1 is 1.13 bits per heavy atom. The Labute approximate surface area is 143 Å². The Kier molecular flexibility index (Phi) is 4.41. The van der Waals surface area contributed by atoms with Gasteiger partial charge in [-0.1, -0.05) is 41.4 Å². The minimum absolute atomic E-state index is 0.0564. The van der Waals surface area contributed by atoms with E-state index in [1.165, 1.54) is 24.3 Å². The van der Waals surface area contributed by atoms with Gasteiger partial charge in [0.1, 0.15) is 23.0 Å².